The molecule has 0 unspecified atom stereocenters. The molecule has 0 fully saturated rings. The largest absolute Gasteiger partial charge is 0.295 e. The fourth-order valence-electron chi connectivity index (χ4n) is 3.50. The number of H-pyrrole nitrogens is 1. The molecule has 13 heteroatoms. The molecule has 2 aromatic heterocycles. The van der Waals surface area contributed by atoms with Crippen LogP contribution in [0.25, 0.3) is 5.69 Å². The van der Waals surface area contributed by atoms with Crippen molar-refractivity contribution >= 4 is 33.1 Å². The lowest BCUT2D eigenvalue weighted by Crippen LogP contribution is -2.19. The van der Waals surface area contributed by atoms with Crippen molar-refractivity contribution in [2.24, 2.45) is 4.99 Å². The number of nitrogens with one attached hydrogen (secondary N) is 2. The highest BCUT2D eigenvalue weighted by Gasteiger charge is 2.18. The Kier molecular flexibility index (Phi) is 6.49. The highest BCUT2D eigenvalue weighted by Crippen LogP contribution is 2.20. The van der Waals surface area contributed by atoms with Crippen molar-refractivity contribution in [3.63, 3.8) is 0 Å². The third-order valence-electron chi connectivity index (χ3n) is 5.22. The first-order valence-corrected chi connectivity index (χ1v) is 12.1. The molecule has 0 amide bonds. The molecule has 4 rings (SSSR count). The highest BCUT2D eigenvalue weighted by atomic mass is 32.2. The zero-order valence-electron chi connectivity index (χ0n) is 19.5. The molecule has 0 aliphatic heterocycles. The molecule has 2 N–H and O–H groups in total. The molecule has 2 aromatic carbocycles. The number of sulfonamides is 1. The molecular formula is C23H21N7O5S. The van der Waals surface area contributed by atoms with Crippen molar-refractivity contribution in [1.82, 2.24) is 19.7 Å². The minimum Gasteiger partial charge on any atom is -0.295 e. The van der Waals surface area contributed by atoms with E-state index in [1.807, 2.05) is 0 Å². The summed E-state index contributed by atoms with van der Waals surface area (Å²) in [5, 5.41) is 13.8. The number of aryl methyl sites for hydroxylation is 2. The van der Waals surface area contributed by atoms with Crippen LogP contribution in [0.2, 0.25) is 0 Å². The predicted octanol–water partition coefficient (Wildman–Crippen LogP) is 3.42. The van der Waals surface area contributed by atoms with E-state index in [4.69, 9.17) is 0 Å². The molecule has 184 valence electrons. The van der Waals surface area contributed by atoms with E-state index in [9.17, 15) is 23.3 Å². The van der Waals surface area contributed by atoms with Gasteiger partial charge in [0.05, 0.1) is 32.5 Å². The van der Waals surface area contributed by atoms with Gasteiger partial charge in [0, 0.05) is 29.7 Å². The van der Waals surface area contributed by atoms with Gasteiger partial charge in [-0.3, -0.25) is 25.0 Å². The molecule has 0 aliphatic carbocycles. The zero-order valence-corrected chi connectivity index (χ0v) is 20.3. The van der Waals surface area contributed by atoms with Crippen LogP contribution in [0.3, 0.4) is 0 Å². The molecule has 36 heavy (non-hydrogen) atoms. The summed E-state index contributed by atoms with van der Waals surface area (Å²) in [7, 11) is -3.90. The number of hydrogen-bond donors (Lipinski definition) is 2. The third-order valence-corrected chi connectivity index (χ3v) is 6.56. The molecule has 0 bridgehead atoms. The fraction of sp³-hybridized carbons (Fsp3) is 0.130. The van der Waals surface area contributed by atoms with E-state index < -0.39 is 14.9 Å². The number of nitrogens with zero attached hydrogens (tertiary/aromatic N) is 5. The number of benzene rings is 2. The Bertz CT molecular complexity index is 1640. The third kappa shape index (κ3) is 5.05. The molecule has 0 radical (unpaired) electrons. The number of non-ortho nitro benzene ring substituents is 1. The molecular weight excluding hydrogens is 486 g/mol. The Hall–Kier alpha value is -4.65. The van der Waals surface area contributed by atoms with Crippen molar-refractivity contribution in [1.29, 1.82) is 0 Å². The van der Waals surface area contributed by atoms with E-state index in [2.05, 4.69) is 24.8 Å². The molecule has 12 nitrogen and oxygen atoms in total. The predicted molar refractivity (Wildman–Crippen MR) is 134 cm³/mol. The van der Waals surface area contributed by atoms with Crippen LogP contribution in [0.4, 0.5) is 17.3 Å². The summed E-state index contributed by atoms with van der Waals surface area (Å²) in [6, 6.07) is 13.0. The van der Waals surface area contributed by atoms with Crippen molar-refractivity contribution < 1.29 is 13.3 Å². The second kappa shape index (κ2) is 9.54. The normalized spacial score (nSPS) is 11.9. The molecule has 4 aromatic rings. The number of nitro groups is 1. The van der Waals surface area contributed by atoms with Crippen molar-refractivity contribution in [3.05, 3.63) is 98.2 Å². The minimum absolute atomic E-state index is 0.00237. The topological polar surface area (TPSA) is 165 Å². The Labute approximate surface area is 205 Å². The fourth-order valence-corrected chi connectivity index (χ4v) is 4.46. The van der Waals surface area contributed by atoms with Gasteiger partial charge in [-0.1, -0.05) is 0 Å². The number of hydrogen-bond acceptors (Lipinski definition) is 8. The van der Waals surface area contributed by atoms with Gasteiger partial charge in [-0.2, -0.15) is 0 Å². The number of aromatic amines is 1. The number of rotatable bonds is 7. The van der Waals surface area contributed by atoms with Gasteiger partial charge < -0.3 is 0 Å². The van der Waals surface area contributed by atoms with Gasteiger partial charge in [-0.15, -0.1) is 0 Å². The first-order valence-electron chi connectivity index (χ1n) is 10.6. The molecule has 2 heterocycles. The van der Waals surface area contributed by atoms with Gasteiger partial charge in [-0.05, 0) is 63.2 Å². The quantitative estimate of drug-likeness (QED) is 0.220. The van der Waals surface area contributed by atoms with E-state index >= 15 is 0 Å². The van der Waals surface area contributed by atoms with Crippen LogP contribution in [0.1, 0.15) is 23.9 Å². The van der Waals surface area contributed by atoms with E-state index in [1.165, 1.54) is 59.4 Å². The van der Waals surface area contributed by atoms with Crippen molar-refractivity contribution in [2.75, 3.05) is 4.72 Å². The van der Waals surface area contributed by atoms with E-state index in [1.54, 1.807) is 26.8 Å². The smallest absolute Gasteiger partial charge is 0.280 e. The lowest BCUT2D eigenvalue weighted by atomic mass is 10.1. The second-order valence-corrected chi connectivity index (χ2v) is 9.53. The van der Waals surface area contributed by atoms with Crippen LogP contribution in [0, 0.1) is 24.0 Å². The van der Waals surface area contributed by atoms with Crippen LogP contribution in [0.15, 0.2) is 75.5 Å². The summed E-state index contributed by atoms with van der Waals surface area (Å²) in [5.74, 6) is -0.0276. The number of aromatic nitrogens is 4. The average molecular weight is 508 g/mol. The van der Waals surface area contributed by atoms with Crippen LogP contribution in [-0.2, 0) is 10.0 Å². The Morgan fingerprint density at radius 2 is 1.75 bits per heavy atom. The van der Waals surface area contributed by atoms with E-state index in [-0.39, 0.29) is 22.1 Å². The molecule has 0 aliphatic rings. The number of anilines is 1. The SMILES string of the molecule is CC(=Nc1ccc(S(=O)(=O)Nc2nccc(C)n2)cc1)c1c(C)[nH]n(-c2ccc([N+](=O)[O-])cc2)c1=O. The van der Waals surface area contributed by atoms with Crippen molar-refractivity contribution in [2.45, 2.75) is 25.7 Å². The zero-order chi connectivity index (χ0) is 26.0. The Morgan fingerprint density at radius 1 is 1.08 bits per heavy atom. The maximum absolute atomic E-state index is 13.0. The van der Waals surface area contributed by atoms with Crippen LogP contribution >= 0.6 is 0 Å². The lowest BCUT2D eigenvalue weighted by molar-refractivity contribution is -0.384. The average Bonchev–Trinajstić information content (AvgIpc) is 3.13. The van der Waals surface area contributed by atoms with Crippen LogP contribution in [-0.4, -0.2) is 38.8 Å². The minimum atomic E-state index is -3.90. The van der Waals surface area contributed by atoms with Gasteiger partial charge in [0.15, 0.2) is 0 Å². The summed E-state index contributed by atoms with van der Waals surface area (Å²) in [6.07, 6.45) is 1.46. The standard InChI is InChI=1S/C23H21N7O5S/c1-14-12-13-24-23(25-14)28-36(34,35)20-10-4-17(5-11-20)26-15(2)21-16(3)27-29(22(21)31)18-6-8-19(9-7-18)30(32)33/h4-13,27H,1-3H3,(H,24,25,28). The summed E-state index contributed by atoms with van der Waals surface area (Å²) in [6.45, 7) is 5.10. The summed E-state index contributed by atoms with van der Waals surface area (Å²) >= 11 is 0. The maximum Gasteiger partial charge on any atom is 0.280 e. The van der Waals surface area contributed by atoms with Gasteiger partial charge >= 0.3 is 0 Å². The van der Waals surface area contributed by atoms with Crippen LogP contribution in [0.5, 0.6) is 0 Å². The summed E-state index contributed by atoms with van der Waals surface area (Å²) in [5.41, 5.74) is 2.35. The van der Waals surface area contributed by atoms with Crippen LogP contribution < -0.4 is 10.3 Å². The first-order chi connectivity index (χ1) is 17.0. The van der Waals surface area contributed by atoms with Gasteiger partial charge in [0.2, 0.25) is 5.95 Å². The first kappa shape index (κ1) is 24.5. The van der Waals surface area contributed by atoms with Gasteiger partial charge in [-0.25, -0.2) is 27.8 Å². The summed E-state index contributed by atoms with van der Waals surface area (Å²) in [4.78, 5) is 35.8. The number of aliphatic imine (C=N–C) groups is 1. The molecule has 0 atom stereocenters. The van der Waals surface area contributed by atoms with E-state index in [0.717, 1.165) is 0 Å². The summed E-state index contributed by atoms with van der Waals surface area (Å²) < 4.78 is 28.9. The maximum atomic E-state index is 13.0. The second-order valence-electron chi connectivity index (χ2n) is 7.84. The van der Waals surface area contributed by atoms with E-state index in [0.29, 0.717) is 34.0 Å². The molecule has 0 saturated heterocycles. The monoisotopic (exact) mass is 507 g/mol. The van der Waals surface area contributed by atoms with Crippen molar-refractivity contribution in [3.8, 4) is 5.69 Å². The molecule has 0 spiro atoms. The Balaban J connectivity index is 1.59. The molecule has 0 saturated carbocycles. The number of nitro benzene ring substituents is 1. The lowest BCUT2D eigenvalue weighted by Gasteiger charge is -2.07. The van der Waals surface area contributed by atoms with Gasteiger partial charge in [0.1, 0.15) is 0 Å². The highest BCUT2D eigenvalue weighted by molar-refractivity contribution is 7.92. The van der Waals surface area contributed by atoms with Gasteiger partial charge in [0.25, 0.3) is 21.3 Å². The Morgan fingerprint density at radius 3 is 2.36 bits per heavy atom.